The van der Waals surface area contributed by atoms with E-state index in [1.807, 2.05) is 6.07 Å². The summed E-state index contributed by atoms with van der Waals surface area (Å²) in [4.78, 5) is 12.7. The summed E-state index contributed by atoms with van der Waals surface area (Å²) in [5, 5.41) is 13.5. The van der Waals surface area contributed by atoms with Crippen molar-refractivity contribution in [3.63, 3.8) is 0 Å². The molecule has 1 amide bonds. The first-order valence-electron chi connectivity index (χ1n) is 9.45. The maximum Gasteiger partial charge on any atom is 0.266 e. The van der Waals surface area contributed by atoms with E-state index in [-0.39, 0.29) is 27.9 Å². The van der Waals surface area contributed by atoms with Crippen molar-refractivity contribution in [1.29, 1.82) is 5.26 Å². The quantitative estimate of drug-likeness (QED) is 0.259. The van der Waals surface area contributed by atoms with Gasteiger partial charge in [0.15, 0.2) is 11.5 Å². The van der Waals surface area contributed by atoms with Crippen LogP contribution in [-0.2, 0) is 11.4 Å². The molecule has 0 aliphatic rings. The minimum Gasteiger partial charge on any atom is -0.493 e. The van der Waals surface area contributed by atoms with Crippen LogP contribution in [0.5, 0.6) is 11.5 Å². The van der Waals surface area contributed by atoms with E-state index in [0.717, 1.165) is 5.56 Å². The number of nitrogens with one attached hydrogen (secondary N) is 1. The van der Waals surface area contributed by atoms with E-state index in [9.17, 15) is 10.1 Å². The lowest BCUT2D eigenvalue weighted by Crippen LogP contribution is -2.14. The van der Waals surface area contributed by atoms with Gasteiger partial charge in [-0.3, -0.25) is 4.79 Å². The summed E-state index contributed by atoms with van der Waals surface area (Å²) in [5.74, 6) is 0.131. The standard InChI is InChI=1S/C24H16Cl4N2O3/c1-32-21-7-2-4-15(23(21)33-13-14-8-9-17(25)19(27)10-14)11-16(12-29)24(31)30-20-6-3-5-18(26)22(20)28/h2-11H,13H2,1H3,(H,30,31)/b16-11+. The third kappa shape index (κ3) is 6.13. The van der Waals surface area contributed by atoms with E-state index >= 15 is 0 Å². The number of rotatable bonds is 7. The summed E-state index contributed by atoms with van der Waals surface area (Å²) in [7, 11) is 1.49. The third-order valence-corrected chi connectivity index (χ3v) is 6.02. The van der Waals surface area contributed by atoms with Crippen molar-refractivity contribution in [3.05, 3.63) is 91.4 Å². The summed E-state index contributed by atoms with van der Waals surface area (Å²) in [6, 6.07) is 17.0. The number of benzene rings is 3. The number of carbonyl (C=O) groups excluding carboxylic acids is 1. The fraction of sp³-hybridized carbons (Fsp3) is 0.0833. The Morgan fingerprint density at radius 2 is 1.79 bits per heavy atom. The molecule has 1 N–H and O–H groups in total. The number of carbonyl (C=O) groups is 1. The number of halogens is 4. The van der Waals surface area contributed by atoms with Crippen LogP contribution in [0.3, 0.4) is 0 Å². The van der Waals surface area contributed by atoms with Gasteiger partial charge in [-0.05, 0) is 42.0 Å². The number of ether oxygens (including phenoxy) is 2. The molecule has 0 unspecified atom stereocenters. The zero-order chi connectivity index (χ0) is 24.0. The lowest BCUT2D eigenvalue weighted by molar-refractivity contribution is -0.112. The van der Waals surface area contributed by atoms with Crippen molar-refractivity contribution in [3.8, 4) is 17.6 Å². The second-order valence-electron chi connectivity index (χ2n) is 6.64. The average molecular weight is 522 g/mol. The number of methoxy groups -OCH3 is 1. The van der Waals surface area contributed by atoms with Gasteiger partial charge in [0, 0.05) is 5.56 Å². The molecule has 0 fully saturated rings. The topological polar surface area (TPSA) is 71.3 Å². The Labute approximate surface area is 211 Å². The Balaban J connectivity index is 1.90. The Morgan fingerprint density at radius 3 is 2.48 bits per heavy atom. The predicted molar refractivity (Wildman–Crippen MR) is 132 cm³/mol. The highest BCUT2D eigenvalue weighted by molar-refractivity contribution is 6.44. The molecule has 0 aliphatic carbocycles. The molecule has 0 saturated heterocycles. The maximum atomic E-state index is 12.7. The van der Waals surface area contributed by atoms with Crippen molar-refractivity contribution in [2.75, 3.05) is 12.4 Å². The van der Waals surface area contributed by atoms with E-state index < -0.39 is 5.91 Å². The van der Waals surface area contributed by atoms with Crippen LogP contribution in [0.1, 0.15) is 11.1 Å². The van der Waals surface area contributed by atoms with E-state index in [4.69, 9.17) is 55.9 Å². The molecular formula is C24H16Cl4N2O3. The molecule has 5 nitrogen and oxygen atoms in total. The van der Waals surface area contributed by atoms with Gasteiger partial charge < -0.3 is 14.8 Å². The van der Waals surface area contributed by atoms with Crippen molar-refractivity contribution in [1.82, 2.24) is 0 Å². The molecule has 0 spiro atoms. The smallest absolute Gasteiger partial charge is 0.266 e. The second kappa shape index (κ2) is 11.3. The summed E-state index contributed by atoms with van der Waals surface area (Å²) < 4.78 is 11.4. The van der Waals surface area contributed by atoms with Crippen LogP contribution in [0, 0.1) is 11.3 Å². The van der Waals surface area contributed by atoms with Crippen molar-refractivity contribution in [2.24, 2.45) is 0 Å². The first-order chi connectivity index (χ1) is 15.8. The van der Waals surface area contributed by atoms with Crippen LogP contribution in [0.25, 0.3) is 6.08 Å². The predicted octanol–water partition coefficient (Wildman–Crippen LogP) is 7.43. The van der Waals surface area contributed by atoms with Crippen LogP contribution in [0.15, 0.2) is 60.2 Å². The molecule has 3 aromatic carbocycles. The minimum atomic E-state index is -0.653. The summed E-state index contributed by atoms with van der Waals surface area (Å²) in [6.45, 7) is 0.157. The van der Waals surface area contributed by atoms with Crippen LogP contribution < -0.4 is 14.8 Å². The van der Waals surface area contributed by atoms with Gasteiger partial charge in [-0.1, -0.05) is 70.7 Å². The minimum absolute atomic E-state index is 0.157. The molecule has 0 heterocycles. The van der Waals surface area contributed by atoms with E-state index in [2.05, 4.69) is 5.32 Å². The molecule has 168 valence electrons. The number of nitrogens with zero attached hydrogens (tertiary/aromatic N) is 1. The zero-order valence-electron chi connectivity index (χ0n) is 17.2. The van der Waals surface area contributed by atoms with Crippen LogP contribution in [-0.4, -0.2) is 13.0 Å². The summed E-state index contributed by atoms with van der Waals surface area (Å²) >= 11 is 24.2. The fourth-order valence-electron chi connectivity index (χ4n) is 2.84. The number of hydrogen-bond acceptors (Lipinski definition) is 4. The largest absolute Gasteiger partial charge is 0.493 e. The number of hydrogen-bond donors (Lipinski definition) is 1. The highest BCUT2D eigenvalue weighted by Crippen LogP contribution is 2.34. The number of nitriles is 1. The summed E-state index contributed by atoms with van der Waals surface area (Å²) in [6.07, 6.45) is 1.40. The first kappa shape index (κ1) is 24.8. The Hall–Kier alpha value is -2.88. The molecule has 3 rings (SSSR count). The van der Waals surface area contributed by atoms with Gasteiger partial charge >= 0.3 is 0 Å². The van der Waals surface area contributed by atoms with E-state index in [1.54, 1.807) is 54.6 Å². The van der Waals surface area contributed by atoms with Gasteiger partial charge in [0.25, 0.3) is 5.91 Å². The highest BCUT2D eigenvalue weighted by atomic mass is 35.5. The number of anilines is 1. The van der Waals surface area contributed by atoms with Gasteiger partial charge in [0.1, 0.15) is 18.2 Å². The second-order valence-corrected chi connectivity index (χ2v) is 8.24. The maximum absolute atomic E-state index is 12.7. The van der Waals surface area contributed by atoms with Gasteiger partial charge in [0.2, 0.25) is 0 Å². The summed E-state index contributed by atoms with van der Waals surface area (Å²) in [5.41, 5.74) is 1.37. The molecule has 0 aliphatic heterocycles. The lowest BCUT2D eigenvalue weighted by atomic mass is 10.1. The van der Waals surface area contributed by atoms with Crippen molar-refractivity contribution in [2.45, 2.75) is 6.61 Å². The Bertz CT molecular complexity index is 1270. The first-order valence-corrected chi connectivity index (χ1v) is 11.0. The van der Waals surface area contributed by atoms with Crippen LogP contribution >= 0.6 is 46.4 Å². The van der Waals surface area contributed by atoms with E-state index in [1.165, 1.54) is 13.2 Å². The van der Waals surface area contributed by atoms with Gasteiger partial charge in [-0.25, -0.2) is 0 Å². The third-order valence-electron chi connectivity index (χ3n) is 4.46. The Morgan fingerprint density at radius 1 is 1.03 bits per heavy atom. The number of amides is 1. The lowest BCUT2D eigenvalue weighted by Gasteiger charge is -2.14. The van der Waals surface area contributed by atoms with Crippen molar-refractivity contribution < 1.29 is 14.3 Å². The molecule has 33 heavy (non-hydrogen) atoms. The normalized spacial score (nSPS) is 11.0. The van der Waals surface area contributed by atoms with Gasteiger partial charge in [0.05, 0.1) is 32.9 Å². The fourth-order valence-corrected chi connectivity index (χ4v) is 3.51. The van der Waals surface area contributed by atoms with E-state index in [0.29, 0.717) is 27.1 Å². The molecule has 3 aromatic rings. The van der Waals surface area contributed by atoms with Crippen LogP contribution in [0.4, 0.5) is 5.69 Å². The van der Waals surface area contributed by atoms with Crippen LogP contribution in [0.2, 0.25) is 20.1 Å². The molecule has 0 radical (unpaired) electrons. The van der Waals surface area contributed by atoms with Gasteiger partial charge in [-0.2, -0.15) is 5.26 Å². The molecule has 0 bridgehead atoms. The average Bonchev–Trinajstić information content (AvgIpc) is 2.81. The Kier molecular flexibility index (Phi) is 8.49. The molecule has 0 saturated carbocycles. The zero-order valence-corrected chi connectivity index (χ0v) is 20.2. The molecular weight excluding hydrogens is 506 g/mol. The monoisotopic (exact) mass is 520 g/mol. The molecule has 0 atom stereocenters. The molecule has 9 heteroatoms. The SMILES string of the molecule is COc1cccc(/C=C(\C#N)C(=O)Nc2cccc(Cl)c2Cl)c1OCc1ccc(Cl)c(Cl)c1. The van der Waals surface area contributed by atoms with Gasteiger partial charge in [-0.15, -0.1) is 0 Å². The highest BCUT2D eigenvalue weighted by Gasteiger charge is 2.16. The number of para-hydroxylation sites is 1. The molecule has 0 aromatic heterocycles. The van der Waals surface area contributed by atoms with Crippen molar-refractivity contribution >= 4 is 64.1 Å².